The van der Waals surface area contributed by atoms with Gasteiger partial charge in [-0.3, -0.25) is 10.1 Å². The van der Waals surface area contributed by atoms with E-state index in [2.05, 4.69) is 12.1 Å². The molecule has 4 rings (SSSR count). The minimum atomic E-state index is -0.386. The Morgan fingerprint density at radius 2 is 1.81 bits per heavy atom. The Kier molecular flexibility index (Phi) is 4.97. The molecular weight excluding hydrogens is 380 g/mol. The molecule has 3 aromatic rings. The highest BCUT2D eigenvalue weighted by Crippen LogP contribution is 2.34. The van der Waals surface area contributed by atoms with Crippen molar-refractivity contribution in [3.63, 3.8) is 0 Å². The summed E-state index contributed by atoms with van der Waals surface area (Å²) in [6.07, 6.45) is 0.813. The first kappa shape index (κ1) is 17.8. The monoisotopic (exact) mass is 394 g/mol. The highest BCUT2D eigenvalue weighted by atomic mass is 35.5. The summed E-state index contributed by atoms with van der Waals surface area (Å²) in [6.45, 7) is 0. The fourth-order valence-electron chi connectivity index (χ4n) is 3.02. The average molecular weight is 395 g/mol. The van der Waals surface area contributed by atoms with E-state index in [1.54, 1.807) is 23.9 Å². The number of hydrogen-bond acceptors (Lipinski definition) is 4. The number of halogens is 1. The van der Waals surface area contributed by atoms with Crippen LogP contribution in [0.5, 0.6) is 0 Å². The molecule has 0 saturated carbocycles. The number of nitrogens with zero attached hydrogens (tertiary/aromatic N) is 2. The van der Waals surface area contributed by atoms with Crippen LogP contribution < -0.4 is 0 Å². The number of fused-ring (bicyclic) bond motifs is 2. The summed E-state index contributed by atoms with van der Waals surface area (Å²) in [5.74, 6) is 0.682. The maximum Gasteiger partial charge on any atom is 0.269 e. The van der Waals surface area contributed by atoms with Gasteiger partial charge in [0.1, 0.15) is 5.04 Å². The Morgan fingerprint density at radius 3 is 2.59 bits per heavy atom. The van der Waals surface area contributed by atoms with Gasteiger partial charge in [-0.25, -0.2) is 4.99 Å². The molecule has 0 aliphatic carbocycles. The first-order valence-electron chi connectivity index (χ1n) is 8.42. The van der Waals surface area contributed by atoms with Crippen LogP contribution in [0, 0.1) is 10.1 Å². The molecule has 0 saturated heterocycles. The Morgan fingerprint density at radius 1 is 1.04 bits per heavy atom. The molecule has 4 nitrogen and oxygen atoms in total. The van der Waals surface area contributed by atoms with E-state index in [0.29, 0.717) is 10.8 Å². The molecule has 0 amide bonds. The molecule has 3 aromatic carbocycles. The van der Waals surface area contributed by atoms with Gasteiger partial charge in [0.2, 0.25) is 0 Å². The quantitative estimate of drug-likeness (QED) is 0.394. The second kappa shape index (κ2) is 7.55. The van der Waals surface area contributed by atoms with E-state index < -0.39 is 0 Å². The summed E-state index contributed by atoms with van der Waals surface area (Å²) < 4.78 is 0. The SMILES string of the molecule is O=[N+]([O-])c1ccc(CSC2=Nc3cc(Cl)ccc3Cc3ccccc32)cc1. The number of non-ortho nitro benzene ring substituents is 1. The molecule has 0 fully saturated rings. The number of nitro groups is 1. The molecule has 0 unspecified atom stereocenters. The van der Waals surface area contributed by atoms with Crippen LogP contribution in [-0.4, -0.2) is 9.97 Å². The first-order valence-corrected chi connectivity index (χ1v) is 9.78. The smallest absolute Gasteiger partial charge is 0.258 e. The minimum Gasteiger partial charge on any atom is -0.258 e. The van der Waals surface area contributed by atoms with Crippen molar-refractivity contribution in [3.05, 3.63) is 104 Å². The average Bonchev–Trinajstić information content (AvgIpc) is 2.83. The van der Waals surface area contributed by atoms with Gasteiger partial charge in [0.05, 0.1) is 10.6 Å². The largest absolute Gasteiger partial charge is 0.269 e. The van der Waals surface area contributed by atoms with Crippen molar-refractivity contribution in [1.29, 1.82) is 0 Å². The summed E-state index contributed by atoms with van der Waals surface area (Å²) in [5, 5.41) is 12.4. The lowest BCUT2D eigenvalue weighted by Crippen LogP contribution is -2.00. The normalized spacial score (nSPS) is 12.6. The molecule has 1 aliphatic heterocycles. The molecule has 0 aromatic heterocycles. The van der Waals surface area contributed by atoms with E-state index in [1.807, 2.05) is 30.3 Å². The van der Waals surface area contributed by atoms with Crippen molar-refractivity contribution in [2.75, 3.05) is 0 Å². The molecule has 0 atom stereocenters. The second-order valence-electron chi connectivity index (χ2n) is 6.24. The summed E-state index contributed by atoms with van der Waals surface area (Å²) in [6, 6.07) is 20.7. The molecule has 27 heavy (non-hydrogen) atoms. The third-order valence-corrected chi connectivity index (χ3v) is 5.72. The molecule has 0 spiro atoms. The van der Waals surface area contributed by atoms with Crippen LogP contribution in [0.15, 0.2) is 71.7 Å². The zero-order chi connectivity index (χ0) is 18.8. The van der Waals surface area contributed by atoms with Gasteiger partial charge in [-0.15, -0.1) is 11.8 Å². The standard InChI is InChI=1S/C21H15ClN2O2S/c22-17-8-7-16-11-15-3-1-2-4-19(15)21(23-20(16)12-17)27-13-14-5-9-18(10-6-14)24(25)26/h1-10,12H,11,13H2. The molecule has 6 heteroatoms. The highest BCUT2D eigenvalue weighted by molar-refractivity contribution is 8.13. The molecule has 0 radical (unpaired) electrons. The van der Waals surface area contributed by atoms with E-state index in [0.717, 1.165) is 33.8 Å². The van der Waals surface area contributed by atoms with Gasteiger partial charge >= 0.3 is 0 Å². The highest BCUT2D eigenvalue weighted by Gasteiger charge is 2.17. The molecule has 1 heterocycles. The van der Waals surface area contributed by atoms with Crippen molar-refractivity contribution in [3.8, 4) is 0 Å². The first-order chi connectivity index (χ1) is 13.1. The lowest BCUT2D eigenvalue weighted by atomic mass is 10.0. The van der Waals surface area contributed by atoms with Crippen molar-refractivity contribution >= 4 is 39.8 Å². The summed E-state index contributed by atoms with van der Waals surface area (Å²) >= 11 is 7.80. The lowest BCUT2D eigenvalue weighted by Gasteiger charge is -2.09. The van der Waals surface area contributed by atoms with Gasteiger partial charge in [-0.05, 0) is 28.8 Å². The number of aliphatic imine (C=N–C) groups is 1. The van der Waals surface area contributed by atoms with Crippen molar-refractivity contribution in [1.82, 2.24) is 0 Å². The van der Waals surface area contributed by atoms with E-state index in [-0.39, 0.29) is 10.6 Å². The molecule has 134 valence electrons. The van der Waals surface area contributed by atoms with Gasteiger partial charge in [0.15, 0.2) is 0 Å². The van der Waals surface area contributed by atoms with E-state index >= 15 is 0 Å². The zero-order valence-electron chi connectivity index (χ0n) is 14.3. The minimum absolute atomic E-state index is 0.101. The van der Waals surface area contributed by atoms with Crippen LogP contribution in [0.4, 0.5) is 11.4 Å². The third kappa shape index (κ3) is 3.89. The summed E-state index contributed by atoms with van der Waals surface area (Å²) in [4.78, 5) is 15.3. The van der Waals surface area contributed by atoms with Crippen LogP contribution in [0.3, 0.4) is 0 Å². The summed E-state index contributed by atoms with van der Waals surface area (Å²) in [5.41, 5.74) is 5.51. The number of rotatable bonds is 3. The van der Waals surface area contributed by atoms with Crippen molar-refractivity contribution in [2.45, 2.75) is 12.2 Å². The van der Waals surface area contributed by atoms with Crippen LogP contribution in [0.25, 0.3) is 0 Å². The van der Waals surface area contributed by atoms with Crippen LogP contribution >= 0.6 is 23.4 Å². The molecular formula is C21H15ClN2O2S. The Hall–Kier alpha value is -2.63. The summed E-state index contributed by atoms with van der Waals surface area (Å²) in [7, 11) is 0. The maximum atomic E-state index is 10.8. The van der Waals surface area contributed by atoms with Crippen LogP contribution in [0.2, 0.25) is 5.02 Å². The van der Waals surface area contributed by atoms with Crippen molar-refractivity contribution in [2.24, 2.45) is 4.99 Å². The van der Waals surface area contributed by atoms with E-state index in [1.165, 1.54) is 17.7 Å². The zero-order valence-corrected chi connectivity index (χ0v) is 15.8. The Bertz CT molecular complexity index is 1050. The predicted molar refractivity (Wildman–Crippen MR) is 111 cm³/mol. The molecule has 0 bridgehead atoms. The third-order valence-electron chi connectivity index (χ3n) is 4.42. The second-order valence-corrected chi connectivity index (χ2v) is 7.64. The van der Waals surface area contributed by atoms with Gasteiger partial charge in [0, 0.05) is 34.9 Å². The van der Waals surface area contributed by atoms with Gasteiger partial charge in [-0.1, -0.05) is 54.1 Å². The number of benzene rings is 3. The van der Waals surface area contributed by atoms with E-state index in [4.69, 9.17) is 16.6 Å². The fraction of sp³-hybridized carbons (Fsp3) is 0.0952. The number of thioether (sulfide) groups is 1. The number of hydrogen-bond donors (Lipinski definition) is 0. The molecule has 1 aliphatic rings. The van der Waals surface area contributed by atoms with Gasteiger partial charge in [-0.2, -0.15) is 0 Å². The van der Waals surface area contributed by atoms with Gasteiger partial charge in [0.25, 0.3) is 5.69 Å². The fourth-order valence-corrected chi connectivity index (χ4v) is 4.20. The lowest BCUT2D eigenvalue weighted by molar-refractivity contribution is -0.384. The number of nitro benzene ring substituents is 1. The Balaban J connectivity index is 1.66. The maximum absolute atomic E-state index is 10.8. The Labute approximate surface area is 166 Å². The predicted octanol–water partition coefficient (Wildman–Crippen LogP) is 6.16. The van der Waals surface area contributed by atoms with Gasteiger partial charge < -0.3 is 0 Å². The van der Waals surface area contributed by atoms with Crippen LogP contribution in [0.1, 0.15) is 22.3 Å². The van der Waals surface area contributed by atoms with E-state index in [9.17, 15) is 10.1 Å². The van der Waals surface area contributed by atoms with Crippen molar-refractivity contribution < 1.29 is 4.92 Å². The van der Waals surface area contributed by atoms with Crippen LogP contribution in [-0.2, 0) is 12.2 Å². The topological polar surface area (TPSA) is 55.5 Å². The molecule has 0 N–H and O–H groups in total.